The molecule has 21 heavy (non-hydrogen) atoms. The summed E-state index contributed by atoms with van der Waals surface area (Å²) in [5.74, 6) is 0.499. The highest BCUT2D eigenvalue weighted by Gasteiger charge is 2.27. The predicted octanol–water partition coefficient (Wildman–Crippen LogP) is 2.27. The smallest absolute Gasteiger partial charge is 0.309 e. The van der Waals surface area contributed by atoms with Gasteiger partial charge in [-0.25, -0.2) is 0 Å². The second kappa shape index (κ2) is 5.99. The number of aryl methyl sites for hydroxylation is 1. The quantitative estimate of drug-likeness (QED) is 0.876. The van der Waals surface area contributed by atoms with Crippen molar-refractivity contribution >= 4 is 5.97 Å². The molecule has 0 aliphatic heterocycles. The summed E-state index contributed by atoms with van der Waals surface area (Å²) in [6.07, 6.45) is 4.21. The number of carbonyl (C=O) groups excluding carboxylic acids is 1. The van der Waals surface area contributed by atoms with Crippen LogP contribution in [-0.2, 0) is 29.0 Å². The van der Waals surface area contributed by atoms with Crippen molar-refractivity contribution in [1.29, 1.82) is 0 Å². The van der Waals surface area contributed by atoms with Crippen LogP contribution in [0.25, 0.3) is 0 Å². The van der Waals surface area contributed by atoms with E-state index in [1.807, 2.05) is 30.5 Å². The van der Waals surface area contributed by atoms with E-state index in [0.29, 0.717) is 6.42 Å². The molecule has 2 aromatic rings. The Balaban J connectivity index is 1.60. The predicted molar refractivity (Wildman–Crippen MR) is 76.9 cm³/mol. The number of rotatable bonds is 4. The average Bonchev–Trinajstić information content (AvgIpc) is 3.00. The molecule has 1 aliphatic carbocycles. The molecule has 1 aromatic heterocycles. The highest BCUT2D eigenvalue weighted by atomic mass is 16.5. The Labute approximate surface area is 123 Å². The van der Waals surface area contributed by atoms with Gasteiger partial charge in [0.1, 0.15) is 12.4 Å². The summed E-state index contributed by atoms with van der Waals surface area (Å²) in [5.41, 5.74) is 3.15. The third-order valence-corrected chi connectivity index (χ3v) is 3.92. The Kier molecular flexibility index (Phi) is 3.90. The summed E-state index contributed by atoms with van der Waals surface area (Å²) in [5, 5.41) is 6.98. The van der Waals surface area contributed by atoms with Crippen LogP contribution < -0.4 is 4.74 Å². The van der Waals surface area contributed by atoms with E-state index in [-0.39, 0.29) is 18.5 Å². The summed E-state index contributed by atoms with van der Waals surface area (Å²) in [7, 11) is 1.61. The number of carbonyl (C=O) groups is 1. The van der Waals surface area contributed by atoms with Gasteiger partial charge >= 0.3 is 5.97 Å². The number of aromatic nitrogens is 2. The lowest BCUT2D eigenvalue weighted by molar-refractivity contribution is -0.150. The Bertz CT molecular complexity index is 636. The van der Waals surface area contributed by atoms with E-state index in [1.165, 1.54) is 5.56 Å². The number of aromatic amines is 1. The number of methoxy groups -OCH3 is 1. The zero-order valence-electron chi connectivity index (χ0n) is 12.0. The molecule has 1 aliphatic rings. The van der Waals surface area contributed by atoms with Gasteiger partial charge in [-0.1, -0.05) is 18.2 Å². The fraction of sp³-hybridized carbons (Fsp3) is 0.375. The van der Waals surface area contributed by atoms with Crippen molar-refractivity contribution in [1.82, 2.24) is 10.2 Å². The molecule has 0 saturated carbocycles. The molecule has 110 valence electrons. The van der Waals surface area contributed by atoms with Crippen LogP contribution in [0, 0.1) is 5.92 Å². The Morgan fingerprint density at radius 1 is 1.43 bits per heavy atom. The molecule has 5 nitrogen and oxygen atoms in total. The van der Waals surface area contributed by atoms with Crippen LogP contribution in [0.3, 0.4) is 0 Å². The molecule has 0 spiro atoms. The molecule has 1 atom stereocenters. The molecule has 0 radical (unpaired) electrons. The number of nitrogens with one attached hydrogen (secondary N) is 1. The first-order chi connectivity index (χ1) is 10.3. The Hall–Kier alpha value is -2.30. The maximum Gasteiger partial charge on any atom is 0.309 e. The summed E-state index contributed by atoms with van der Waals surface area (Å²) in [4.78, 5) is 12.2. The van der Waals surface area contributed by atoms with Gasteiger partial charge in [0.2, 0.25) is 0 Å². The number of para-hydroxylation sites is 1. The first-order valence-corrected chi connectivity index (χ1v) is 7.07. The third kappa shape index (κ3) is 2.91. The molecule has 1 N–H and O–H groups in total. The van der Waals surface area contributed by atoms with E-state index >= 15 is 0 Å². The minimum absolute atomic E-state index is 0.0901. The zero-order valence-corrected chi connectivity index (χ0v) is 12.0. The van der Waals surface area contributed by atoms with Crippen LogP contribution >= 0.6 is 0 Å². The van der Waals surface area contributed by atoms with E-state index in [0.717, 1.165) is 29.8 Å². The number of hydrogen-bond acceptors (Lipinski definition) is 4. The summed E-state index contributed by atoms with van der Waals surface area (Å²) >= 11 is 0. The number of nitrogens with zero attached hydrogens (tertiary/aromatic N) is 1. The highest BCUT2D eigenvalue weighted by molar-refractivity contribution is 5.73. The highest BCUT2D eigenvalue weighted by Crippen LogP contribution is 2.25. The summed E-state index contributed by atoms with van der Waals surface area (Å²) in [6, 6.07) is 7.56. The first-order valence-electron chi connectivity index (χ1n) is 7.07. The lowest BCUT2D eigenvalue weighted by Crippen LogP contribution is -2.24. The van der Waals surface area contributed by atoms with Crippen molar-refractivity contribution in [3.63, 3.8) is 0 Å². The van der Waals surface area contributed by atoms with Gasteiger partial charge in [-0.15, -0.1) is 0 Å². The SMILES string of the molecule is COc1ccccc1COC(=O)[C@H]1CCc2cn[nH]c2C1. The number of hydrogen-bond donors (Lipinski definition) is 1. The molecular weight excluding hydrogens is 268 g/mol. The van der Waals surface area contributed by atoms with Crippen LogP contribution in [0.5, 0.6) is 5.75 Å². The normalized spacial score (nSPS) is 17.1. The van der Waals surface area contributed by atoms with Crippen molar-refractivity contribution < 1.29 is 14.3 Å². The lowest BCUT2D eigenvalue weighted by Gasteiger charge is -2.20. The van der Waals surface area contributed by atoms with Crippen molar-refractivity contribution in [2.45, 2.75) is 25.9 Å². The monoisotopic (exact) mass is 286 g/mol. The number of benzene rings is 1. The zero-order chi connectivity index (χ0) is 14.7. The molecule has 0 fully saturated rings. The molecular formula is C16H18N2O3. The van der Waals surface area contributed by atoms with Crippen LogP contribution in [0.4, 0.5) is 0 Å². The lowest BCUT2D eigenvalue weighted by atomic mass is 9.88. The minimum atomic E-state index is -0.152. The number of esters is 1. The van der Waals surface area contributed by atoms with Crippen LogP contribution in [-0.4, -0.2) is 23.3 Å². The van der Waals surface area contributed by atoms with Crippen molar-refractivity contribution in [3.8, 4) is 5.75 Å². The number of ether oxygens (including phenoxy) is 2. The van der Waals surface area contributed by atoms with Crippen LogP contribution in [0.2, 0.25) is 0 Å². The van der Waals surface area contributed by atoms with E-state index in [4.69, 9.17) is 9.47 Å². The Morgan fingerprint density at radius 2 is 2.29 bits per heavy atom. The molecule has 1 aromatic carbocycles. The van der Waals surface area contributed by atoms with Gasteiger partial charge < -0.3 is 9.47 Å². The Morgan fingerprint density at radius 3 is 3.14 bits per heavy atom. The van der Waals surface area contributed by atoms with Crippen LogP contribution in [0.15, 0.2) is 30.5 Å². The molecule has 0 amide bonds. The molecule has 5 heteroatoms. The molecule has 3 rings (SSSR count). The van der Waals surface area contributed by atoms with E-state index in [9.17, 15) is 4.79 Å². The van der Waals surface area contributed by atoms with Gasteiger partial charge in [0.25, 0.3) is 0 Å². The van der Waals surface area contributed by atoms with E-state index in [1.54, 1.807) is 7.11 Å². The topological polar surface area (TPSA) is 64.2 Å². The maximum atomic E-state index is 12.2. The van der Waals surface area contributed by atoms with E-state index in [2.05, 4.69) is 10.2 Å². The van der Waals surface area contributed by atoms with Crippen molar-refractivity contribution in [2.24, 2.45) is 5.92 Å². The van der Waals surface area contributed by atoms with Gasteiger partial charge in [-0.2, -0.15) is 5.10 Å². The standard InChI is InChI=1S/C16H18N2O3/c1-20-15-5-3-2-4-13(15)10-21-16(19)11-6-7-12-9-17-18-14(12)8-11/h2-5,9,11H,6-8,10H2,1H3,(H,17,18)/t11-/m0/s1. The summed E-state index contributed by atoms with van der Waals surface area (Å²) in [6.45, 7) is 0.245. The minimum Gasteiger partial charge on any atom is -0.496 e. The van der Waals surface area contributed by atoms with Gasteiger partial charge in [0.05, 0.1) is 19.2 Å². The number of H-pyrrole nitrogens is 1. The van der Waals surface area contributed by atoms with Gasteiger partial charge in [-0.3, -0.25) is 9.89 Å². The fourth-order valence-electron chi connectivity index (χ4n) is 2.70. The van der Waals surface area contributed by atoms with Crippen LogP contribution in [0.1, 0.15) is 23.2 Å². The fourth-order valence-corrected chi connectivity index (χ4v) is 2.70. The molecule has 1 heterocycles. The molecule has 0 bridgehead atoms. The molecule has 0 unspecified atom stereocenters. The van der Waals surface area contributed by atoms with E-state index < -0.39 is 0 Å². The third-order valence-electron chi connectivity index (χ3n) is 3.92. The van der Waals surface area contributed by atoms with Gasteiger partial charge in [-0.05, 0) is 24.5 Å². The maximum absolute atomic E-state index is 12.2. The second-order valence-electron chi connectivity index (χ2n) is 5.23. The first kappa shape index (κ1) is 13.7. The molecule has 0 saturated heterocycles. The second-order valence-corrected chi connectivity index (χ2v) is 5.23. The largest absolute Gasteiger partial charge is 0.496 e. The van der Waals surface area contributed by atoms with Crippen molar-refractivity contribution in [3.05, 3.63) is 47.3 Å². The van der Waals surface area contributed by atoms with Crippen molar-refractivity contribution in [2.75, 3.05) is 7.11 Å². The average molecular weight is 286 g/mol. The van der Waals surface area contributed by atoms with Gasteiger partial charge in [0, 0.05) is 17.7 Å². The number of fused-ring (bicyclic) bond motifs is 1. The van der Waals surface area contributed by atoms with Gasteiger partial charge in [0.15, 0.2) is 0 Å². The summed E-state index contributed by atoms with van der Waals surface area (Å²) < 4.78 is 10.7.